The second-order valence-corrected chi connectivity index (χ2v) is 5.92. The number of hydrogen-bond donors (Lipinski definition) is 1. The van der Waals surface area contributed by atoms with Crippen molar-refractivity contribution < 1.29 is 4.79 Å². The lowest BCUT2D eigenvalue weighted by molar-refractivity contribution is 0.0914. The van der Waals surface area contributed by atoms with Gasteiger partial charge in [0, 0.05) is 6.04 Å². The maximum atomic E-state index is 12.2. The van der Waals surface area contributed by atoms with Crippen LogP contribution < -0.4 is 5.32 Å². The summed E-state index contributed by atoms with van der Waals surface area (Å²) >= 11 is 11.8. The minimum atomic E-state index is -0.245. The van der Waals surface area contributed by atoms with Crippen LogP contribution in [0.2, 0.25) is 10.2 Å². The lowest BCUT2D eigenvalue weighted by atomic mass is 9.84. The average Bonchev–Trinajstić information content (AvgIpc) is 2.42. The van der Waals surface area contributed by atoms with Gasteiger partial charge in [-0.05, 0) is 37.8 Å². The molecule has 19 heavy (non-hydrogen) atoms. The van der Waals surface area contributed by atoms with E-state index in [1.807, 2.05) is 6.92 Å². The van der Waals surface area contributed by atoms with Crippen LogP contribution in [0.3, 0.4) is 0 Å². The molecule has 5 heteroatoms. The van der Waals surface area contributed by atoms with E-state index >= 15 is 0 Å². The highest BCUT2D eigenvalue weighted by Gasteiger charge is 2.23. The third-order valence-corrected chi connectivity index (χ3v) is 4.26. The Hall–Kier alpha value is -0.800. The molecule has 1 aliphatic carbocycles. The maximum absolute atomic E-state index is 12.2. The van der Waals surface area contributed by atoms with Gasteiger partial charge >= 0.3 is 0 Å². The van der Waals surface area contributed by atoms with E-state index in [0.29, 0.717) is 10.9 Å². The Labute approximate surface area is 123 Å². The van der Waals surface area contributed by atoms with E-state index in [0.717, 1.165) is 0 Å². The zero-order valence-electron chi connectivity index (χ0n) is 11.0. The highest BCUT2D eigenvalue weighted by Crippen LogP contribution is 2.26. The maximum Gasteiger partial charge on any atom is 0.271 e. The largest absolute Gasteiger partial charge is 0.348 e. The van der Waals surface area contributed by atoms with Gasteiger partial charge < -0.3 is 5.32 Å². The molecule has 0 aliphatic heterocycles. The molecule has 0 saturated heterocycles. The number of pyridine rings is 1. The van der Waals surface area contributed by atoms with Gasteiger partial charge in [0.25, 0.3) is 5.91 Å². The zero-order chi connectivity index (χ0) is 13.8. The summed E-state index contributed by atoms with van der Waals surface area (Å²) in [7, 11) is 0. The third-order valence-electron chi connectivity index (χ3n) is 3.74. The lowest BCUT2D eigenvalue weighted by Crippen LogP contribution is -2.39. The first-order chi connectivity index (χ1) is 9.08. The van der Waals surface area contributed by atoms with Crippen molar-refractivity contribution in [2.75, 3.05) is 0 Å². The van der Waals surface area contributed by atoms with Gasteiger partial charge in [-0.1, -0.05) is 42.5 Å². The summed E-state index contributed by atoms with van der Waals surface area (Å²) in [6.07, 6.45) is 6.16. The summed E-state index contributed by atoms with van der Waals surface area (Å²) in [4.78, 5) is 16.1. The quantitative estimate of drug-likeness (QED) is 0.854. The van der Waals surface area contributed by atoms with Crippen LogP contribution in [0.1, 0.15) is 49.5 Å². The molecule has 1 atom stereocenters. The van der Waals surface area contributed by atoms with Gasteiger partial charge in [-0.25, -0.2) is 4.98 Å². The first kappa shape index (κ1) is 14.6. The Bertz CT molecular complexity index is 459. The molecular formula is C14H18Cl2N2O. The number of carbonyl (C=O) groups is 1. The molecule has 1 aliphatic rings. The molecule has 0 aromatic carbocycles. The van der Waals surface area contributed by atoms with Crippen molar-refractivity contribution >= 4 is 29.1 Å². The number of rotatable bonds is 3. The van der Waals surface area contributed by atoms with Crippen LogP contribution in [0.15, 0.2) is 12.1 Å². The van der Waals surface area contributed by atoms with Gasteiger partial charge in [0.1, 0.15) is 10.8 Å². The Morgan fingerprint density at radius 1 is 1.32 bits per heavy atom. The molecule has 1 N–H and O–H groups in total. The van der Waals surface area contributed by atoms with Crippen molar-refractivity contribution in [1.29, 1.82) is 0 Å². The van der Waals surface area contributed by atoms with E-state index in [2.05, 4.69) is 10.3 Å². The summed E-state index contributed by atoms with van der Waals surface area (Å²) in [5.74, 6) is 0.307. The van der Waals surface area contributed by atoms with Crippen molar-refractivity contribution in [3.8, 4) is 0 Å². The van der Waals surface area contributed by atoms with Gasteiger partial charge in [-0.2, -0.15) is 0 Å². The summed E-state index contributed by atoms with van der Waals surface area (Å²) in [6, 6.07) is 3.31. The fourth-order valence-corrected chi connectivity index (χ4v) is 2.94. The molecule has 0 spiro atoms. The minimum Gasteiger partial charge on any atom is -0.348 e. The Morgan fingerprint density at radius 3 is 2.68 bits per heavy atom. The highest BCUT2D eigenvalue weighted by molar-refractivity contribution is 6.34. The van der Waals surface area contributed by atoms with Crippen molar-refractivity contribution in [2.24, 2.45) is 5.92 Å². The number of aromatic nitrogens is 1. The normalized spacial score (nSPS) is 18.1. The summed E-state index contributed by atoms with van der Waals surface area (Å²) in [5.41, 5.74) is 0.205. The van der Waals surface area contributed by atoms with Crippen LogP contribution in [0.5, 0.6) is 0 Å². The number of amides is 1. The van der Waals surface area contributed by atoms with Crippen molar-refractivity contribution in [1.82, 2.24) is 10.3 Å². The Balaban J connectivity index is 2.01. The fraction of sp³-hybridized carbons (Fsp3) is 0.571. The molecule has 1 heterocycles. The zero-order valence-corrected chi connectivity index (χ0v) is 12.5. The molecule has 0 bridgehead atoms. The van der Waals surface area contributed by atoms with Crippen LogP contribution >= 0.6 is 23.2 Å². The molecule has 1 unspecified atom stereocenters. The van der Waals surface area contributed by atoms with Gasteiger partial charge in [0.15, 0.2) is 0 Å². The van der Waals surface area contributed by atoms with Gasteiger partial charge in [0.05, 0.1) is 5.02 Å². The first-order valence-corrected chi connectivity index (χ1v) is 7.46. The molecule has 2 rings (SSSR count). The number of nitrogens with one attached hydrogen (secondary N) is 1. The van der Waals surface area contributed by atoms with Crippen molar-refractivity contribution in [3.63, 3.8) is 0 Å². The molecule has 104 valence electrons. The lowest BCUT2D eigenvalue weighted by Gasteiger charge is -2.28. The van der Waals surface area contributed by atoms with Crippen LogP contribution in [0.25, 0.3) is 0 Å². The molecule has 1 amide bonds. The van der Waals surface area contributed by atoms with E-state index in [4.69, 9.17) is 23.2 Å². The predicted molar refractivity (Wildman–Crippen MR) is 77.8 cm³/mol. The SMILES string of the molecule is CC(NC(=O)c1nc(Cl)ccc1Cl)C1CCCCC1. The Kier molecular flexibility index (Phi) is 5.06. The summed E-state index contributed by atoms with van der Waals surface area (Å²) < 4.78 is 0. The van der Waals surface area contributed by atoms with Crippen molar-refractivity contribution in [2.45, 2.75) is 45.1 Å². The number of halogens is 2. The van der Waals surface area contributed by atoms with E-state index in [1.165, 1.54) is 32.1 Å². The standard InChI is InChI=1S/C14H18Cl2N2O/c1-9(10-5-3-2-4-6-10)17-14(19)13-11(15)7-8-12(16)18-13/h7-10H,2-6H2,1H3,(H,17,19). The Morgan fingerprint density at radius 2 is 2.00 bits per heavy atom. The van der Waals surface area contributed by atoms with E-state index < -0.39 is 0 Å². The molecule has 0 radical (unpaired) electrons. The van der Waals surface area contributed by atoms with E-state index in [9.17, 15) is 4.79 Å². The number of carbonyl (C=O) groups excluding carboxylic acids is 1. The topological polar surface area (TPSA) is 42.0 Å². The van der Waals surface area contributed by atoms with E-state index in [-0.39, 0.29) is 22.8 Å². The van der Waals surface area contributed by atoms with Gasteiger partial charge in [0.2, 0.25) is 0 Å². The van der Waals surface area contributed by atoms with Crippen LogP contribution in [0.4, 0.5) is 0 Å². The first-order valence-electron chi connectivity index (χ1n) is 6.71. The fourth-order valence-electron chi connectivity index (χ4n) is 2.60. The van der Waals surface area contributed by atoms with Crippen LogP contribution in [-0.2, 0) is 0 Å². The molecule has 1 aromatic rings. The van der Waals surface area contributed by atoms with Crippen LogP contribution in [0, 0.1) is 5.92 Å². The molecule has 1 saturated carbocycles. The molecule has 1 fully saturated rings. The highest BCUT2D eigenvalue weighted by atomic mass is 35.5. The molecular weight excluding hydrogens is 283 g/mol. The predicted octanol–water partition coefficient (Wildman–Crippen LogP) is 4.09. The second kappa shape index (κ2) is 6.58. The van der Waals surface area contributed by atoms with Gasteiger partial charge in [-0.15, -0.1) is 0 Å². The smallest absolute Gasteiger partial charge is 0.271 e. The average molecular weight is 301 g/mol. The summed E-state index contributed by atoms with van der Waals surface area (Å²) in [6.45, 7) is 2.05. The number of hydrogen-bond acceptors (Lipinski definition) is 2. The summed E-state index contributed by atoms with van der Waals surface area (Å²) in [5, 5.41) is 3.60. The van der Waals surface area contributed by atoms with Crippen molar-refractivity contribution in [3.05, 3.63) is 28.0 Å². The monoisotopic (exact) mass is 300 g/mol. The second-order valence-electron chi connectivity index (χ2n) is 5.12. The van der Waals surface area contributed by atoms with Crippen LogP contribution in [-0.4, -0.2) is 16.9 Å². The minimum absolute atomic E-state index is 0.143. The molecule has 3 nitrogen and oxygen atoms in total. The number of nitrogens with zero attached hydrogens (tertiary/aromatic N) is 1. The third kappa shape index (κ3) is 3.83. The van der Waals surface area contributed by atoms with Gasteiger partial charge in [-0.3, -0.25) is 4.79 Å². The molecule has 1 aromatic heterocycles. The van der Waals surface area contributed by atoms with E-state index in [1.54, 1.807) is 12.1 Å².